The van der Waals surface area contributed by atoms with Gasteiger partial charge in [0, 0.05) is 29.5 Å². The first kappa shape index (κ1) is 11.7. The number of nitrogens with zero attached hydrogens (tertiary/aromatic N) is 1. The largest absolute Gasteiger partial charge is 0.490 e. The van der Waals surface area contributed by atoms with Gasteiger partial charge in [-0.25, -0.2) is 0 Å². The van der Waals surface area contributed by atoms with Crippen LogP contribution in [0.4, 0.5) is 0 Å². The van der Waals surface area contributed by atoms with E-state index in [2.05, 4.69) is 6.07 Å². The maximum Gasteiger partial charge on any atom is 0.142 e. The van der Waals surface area contributed by atoms with Gasteiger partial charge >= 0.3 is 0 Å². The van der Waals surface area contributed by atoms with Crippen molar-refractivity contribution in [2.24, 2.45) is 0 Å². The normalized spacial score (nSPS) is 23.9. The Hall–Kier alpha value is -1.40. The van der Waals surface area contributed by atoms with Crippen molar-refractivity contribution in [2.75, 3.05) is 0 Å². The Kier molecular flexibility index (Phi) is 2.64. The molecular weight excluding hydrogens is 250 g/mol. The van der Waals surface area contributed by atoms with Gasteiger partial charge in [0.2, 0.25) is 0 Å². The van der Waals surface area contributed by atoms with E-state index >= 15 is 0 Å². The molecule has 0 saturated heterocycles. The molecule has 3 rings (SSSR count). The number of ether oxygens (including phenoxy) is 2. The summed E-state index contributed by atoms with van der Waals surface area (Å²) in [6.45, 7) is 4.03. The van der Waals surface area contributed by atoms with E-state index in [-0.39, 0.29) is 12.2 Å². The summed E-state index contributed by atoms with van der Waals surface area (Å²) in [7, 11) is 0. The van der Waals surface area contributed by atoms with Gasteiger partial charge in [0.15, 0.2) is 0 Å². The van der Waals surface area contributed by atoms with E-state index < -0.39 is 0 Å². The molecule has 0 saturated carbocycles. The van der Waals surface area contributed by atoms with Gasteiger partial charge in [-0.15, -0.1) is 0 Å². The molecule has 0 aliphatic carbocycles. The molecule has 4 heteroatoms. The smallest absolute Gasteiger partial charge is 0.142 e. The number of benzene rings is 1. The number of hydrogen-bond donors (Lipinski definition) is 0. The molecule has 0 amide bonds. The molecule has 0 fully saturated rings. The molecule has 3 nitrogen and oxygen atoms in total. The molecule has 0 N–H and O–H groups in total. The second-order valence-electron chi connectivity index (χ2n) is 5.01. The Balaban J connectivity index is 2.23. The number of hydrogen-bond acceptors (Lipinski definition) is 3. The molecule has 2 aliphatic heterocycles. The van der Waals surface area contributed by atoms with Gasteiger partial charge in [0.1, 0.15) is 23.7 Å². The van der Waals surface area contributed by atoms with Crippen LogP contribution in [-0.2, 0) is 19.3 Å². The lowest BCUT2D eigenvalue weighted by Gasteiger charge is -2.12. The molecule has 2 atom stereocenters. The fraction of sp³-hybridized carbons (Fsp3) is 0.500. The van der Waals surface area contributed by atoms with Gasteiger partial charge in [-0.1, -0.05) is 11.6 Å². The van der Waals surface area contributed by atoms with Crippen LogP contribution in [0.5, 0.6) is 11.5 Å². The highest BCUT2D eigenvalue weighted by Gasteiger charge is 2.34. The van der Waals surface area contributed by atoms with Crippen molar-refractivity contribution in [3.8, 4) is 17.6 Å². The maximum absolute atomic E-state index is 9.00. The first-order chi connectivity index (χ1) is 8.61. The molecule has 1 aromatic rings. The average molecular weight is 264 g/mol. The zero-order chi connectivity index (χ0) is 12.9. The quantitative estimate of drug-likeness (QED) is 0.782. The van der Waals surface area contributed by atoms with Crippen LogP contribution in [0.2, 0.25) is 5.02 Å². The fourth-order valence-corrected chi connectivity index (χ4v) is 3.14. The lowest BCUT2D eigenvalue weighted by molar-refractivity contribution is 0.252. The van der Waals surface area contributed by atoms with Crippen molar-refractivity contribution in [3.05, 3.63) is 21.7 Å². The van der Waals surface area contributed by atoms with Crippen LogP contribution in [0.3, 0.4) is 0 Å². The van der Waals surface area contributed by atoms with E-state index in [0.717, 1.165) is 41.0 Å². The van der Waals surface area contributed by atoms with Gasteiger partial charge in [0.05, 0.1) is 17.5 Å². The lowest BCUT2D eigenvalue weighted by Crippen LogP contribution is -2.07. The third-order valence-corrected chi connectivity index (χ3v) is 3.93. The van der Waals surface area contributed by atoms with E-state index in [1.165, 1.54) is 0 Å². The molecular formula is C14H14ClNO2. The van der Waals surface area contributed by atoms with Crippen LogP contribution in [0.25, 0.3) is 0 Å². The number of fused-ring (bicyclic) bond motifs is 2. The first-order valence-corrected chi connectivity index (χ1v) is 6.56. The van der Waals surface area contributed by atoms with Gasteiger partial charge in [-0.2, -0.15) is 5.26 Å². The number of nitriles is 1. The summed E-state index contributed by atoms with van der Waals surface area (Å²) >= 11 is 6.41. The molecule has 0 spiro atoms. The Morgan fingerprint density at radius 3 is 2.44 bits per heavy atom. The monoisotopic (exact) mass is 263 g/mol. The topological polar surface area (TPSA) is 42.2 Å². The summed E-state index contributed by atoms with van der Waals surface area (Å²) in [5.74, 6) is 1.59. The first-order valence-electron chi connectivity index (χ1n) is 6.18. The van der Waals surface area contributed by atoms with Crippen molar-refractivity contribution in [1.29, 1.82) is 5.26 Å². The Bertz CT molecular complexity index is 523. The SMILES string of the molecule is CC1Cc2c(CC#N)c3c(c(Cl)c2O1)CC(C)O3. The summed E-state index contributed by atoms with van der Waals surface area (Å²) in [5, 5.41) is 9.68. The van der Waals surface area contributed by atoms with E-state index in [0.29, 0.717) is 11.4 Å². The minimum Gasteiger partial charge on any atom is -0.490 e. The third-order valence-electron chi connectivity index (χ3n) is 3.53. The average Bonchev–Trinajstić information content (AvgIpc) is 2.88. The number of halogens is 1. The maximum atomic E-state index is 9.00. The molecule has 2 aliphatic rings. The Labute approximate surface area is 111 Å². The fourth-order valence-electron chi connectivity index (χ4n) is 2.82. The van der Waals surface area contributed by atoms with Crippen molar-refractivity contribution >= 4 is 11.6 Å². The molecule has 18 heavy (non-hydrogen) atoms. The van der Waals surface area contributed by atoms with Crippen LogP contribution in [-0.4, -0.2) is 12.2 Å². The molecule has 94 valence electrons. The van der Waals surface area contributed by atoms with Gasteiger partial charge < -0.3 is 9.47 Å². The summed E-state index contributed by atoms with van der Waals surface area (Å²) in [4.78, 5) is 0. The van der Waals surface area contributed by atoms with Crippen LogP contribution >= 0.6 is 11.6 Å². The molecule has 1 aromatic carbocycles. The highest BCUT2D eigenvalue weighted by atomic mass is 35.5. The molecule has 2 unspecified atom stereocenters. The number of rotatable bonds is 1. The molecule has 0 radical (unpaired) electrons. The van der Waals surface area contributed by atoms with Crippen molar-refractivity contribution in [3.63, 3.8) is 0 Å². The zero-order valence-electron chi connectivity index (χ0n) is 10.4. The summed E-state index contributed by atoms with van der Waals surface area (Å²) in [5.41, 5.74) is 3.03. The highest BCUT2D eigenvalue weighted by molar-refractivity contribution is 6.33. The molecule has 0 bridgehead atoms. The van der Waals surface area contributed by atoms with E-state index in [1.807, 2.05) is 13.8 Å². The summed E-state index contributed by atoms with van der Waals surface area (Å²) in [6, 6.07) is 2.21. The van der Waals surface area contributed by atoms with Crippen molar-refractivity contribution in [1.82, 2.24) is 0 Å². The standard InChI is InChI=1S/C14H14ClNO2/c1-7-5-10-9(3-4-16)13-11(6-8(2)17-13)12(15)14(10)18-7/h7-8H,3,5-6H2,1-2H3. The van der Waals surface area contributed by atoms with E-state index in [9.17, 15) is 0 Å². The van der Waals surface area contributed by atoms with Crippen LogP contribution in [0.1, 0.15) is 30.5 Å². The van der Waals surface area contributed by atoms with E-state index in [4.69, 9.17) is 26.3 Å². The van der Waals surface area contributed by atoms with Crippen LogP contribution < -0.4 is 9.47 Å². The second-order valence-corrected chi connectivity index (χ2v) is 5.39. The van der Waals surface area contributed by atoms with Crippen LogP contribution in [0.15, 0.2) is 0 Å². The highest BCUT2D eigenvalue weighted by Crippen LogP contribution is 2.49. The Morgan fingerprint density at radius 2 is 1.78 bits per heavy atom. The van der Waals surface area contributed by atoms with Crippen LogP contribution in [0, 0.1) is 11.3 Å². The third kappa shape index (κ3) is 1.56. The predicted molar refractivity (Wildman–Crippen MR) is 68.4 cm³/mol. The van der Waals surface area contributed by atoms with Gasteiger partial charge in [0.25, 0.3) is 0 Å². The lowest BCUT2D eigenvalue weighted by atomic mass is 9.96. The molecule has 2 heterocycles. The van der Waals surface area contributed by atoms with Crippen molar-refractivity contribution < 1.29 is 9.47 Å². The minimum atomic E-state index is 0.120. The summed E-state index contributed by atoms with van der Waals surface area (Å²) in [6.07, 6.45) is 2.18. The molecule has 0 aromatic heterocycles. The van der Waals surface area contributed by atoms with E-state index in [1.54, 1.807) is 0 Å². The van der Waals surface area contributed by atoms with Crippen molar-refractivity contribution in [2.45, 2.75) is 45.3 Å². The summed E-state index contributed by atoms with van der Waals surface area (Å²) < 4.78 is 11.6. The predicted octanol–water partition coefficient (Wildman–Crippen LogP) is 3.05. The Morgan fingerprint density at radius 1 is 1.17 bits per heavy atom. The minimum absolute atomic E-state index is 0.120. The zero-order valence-corrected chi connectivity index (χ0v) is 11.2. The van der Waals surface area contributed by atoms with Gasteiger partial charge in [-0.05, 0) is 13.8 Å². The van der Waals surface area contributed by atoms with Gasteiger partial charge in [-0.3, -0.25) is 0 Å². The second kappa shape index (κ2) is 4.07.